The van der Waals surface area contributed by atoms with Gasteiger partial charge in [0.2, 0.25) is 0 Å². The second-order valence-corrected chi connectivity index (χ2v) is 8.18. The van der Waals surface area contributed by atoms with Crippen LogP contribution in [0.5, 0.6) is 0 Å². The van der Waals surface area contributed by atoms with Gasteiger partial charge in [-0.05, 0) is 71.4 Å². The van der Waals surface area contributed by atoms with Gasteiger partial charge >= 0.3 is 0 Å². The molecular formula is C18H34N4O. The minimum absolute atomic E-state index is 0.650. The molecule has 1 fully saturated rings. The van der Waals surface area contributed by atoms with E-state index in [2.05, 4.69) is 36.0 Å². The lowest BCUT2D eigenvalue weighted by molar-refractivity contribution is 0.0736. The molecule has 5 heteroatoms. The van der Waals surface area contributed by atoms with Gasteiger partial charge in [0.25, 0.3) is 0 Å². The summed E-state index contributed by atoms with van der Waals surface area (Å²) >= 11 is 0. The first-order valence-electron chi connectivity index (χ1n) is 9.12. The summed E-state index contributed by atoms with van der Waals surface area (Å²) in [5.74, 6) is 1.46. The number of aromatic nitrogens is 3. The quantitative estimate of drug-likeness (QED) is 0.838. The van der Waals surface area contributed by atoms with Crippen LogP contribution in [0.1, 0.15) is 66.0 Å². The van der Waals surface area contributed by atoms with Crippen LogP contribution in [0.4, 0.5) is 0 Å². The van der Waals surface area contributed by atoms with Gasteiger partial charge in [-0.2, -0.15) is 0 Å². The SMILES string of the molecule is CC(C)CCC(C)N1CCC(Cn2cc(C(C)(C)O)nn2)CC1. The molecule has 1 saturated heterocycles. The number of hydrogen-bond donors (Lipinski definition) is 1. The summed E-state index contributed by atoms with van der Waals surface area (Å²) in [6.45, 7) is 13.8. The van der Waals surface area contributed by atoms with E-state index in [4.69, 9.17) is 0 Å². The summed E-state index contributed by atoms with van der Waals surface area (Å²) < 4.78 is 1.90. The molecule has 1 N–H and O–H groups in total. The first-order chi connectivity index (χ1) is 10.8. The minimum Gasteiger partial charge on any atom is -0.384 e. The molecule has 0 spiro atoms. The van der Waals surface area contributed by atoms with Crippen LogP contribution in [0.3, 0.4) is 0 Å². The Bertz CT molecular complexity index is 470. The number of rotatable bonds is 7. The molecule has 2 heterocycles. The lowest BCUT2D eigenvalue weighted by Crippen LogP contribution is -2.40. The molecule has 1 aliphatic heterocycles. The predicted molar refractivity (Wildman–Crippen MR) is 93.1 cm³/mol. The lowest BCUT2D eigenvalue weighted by atomic mass is 9.94. The Hall–Kier alpha value is -0.940. The maximum absolute atomic E-state index is 9.97. The summed E-state index contributed by atoms with van der Waals surface area (Å²) in [5, 5.41) is 18.2. The first kappa shape index (κ1) is 18.4. The summed E-state index contributed by atoms with van der Waals surface area (Å²) in [4.78, 5) is 2.64. The number of aliphatic hydroxyl groups is 1. The van der Waals surface area contributed by atoms with E-state index < -0.39 is 5.60 Å². The van der Waals surface area contributed by atoms with Crippen molar-refractivity contribution in [3.63, 3.8) is 0 Å². The van der Waals surface area contributed by atoms with Crippen molar-refractivity contribution in [1.82, 2.24) is 19.9 Å². The maximum Gasteiger partial charge on any atom is 0.114 e. The maximum atomic E-state index is 9.97. The highest BCUT2D eigenvalue weighted by Crippen LogP contribution is 2.23. The first-order valence-corrected chi connectivity index (χ1v) is 9.12. The number of likely N-dealkylation sites (tertiary alicyclic amines) is 1. The van der Waals surface area contributed by atoms with Gasteiger partial charge in [0.05, 0.1) is 6.20 Å². The molecule has 1 aliphatic rings. The lowest BCUT2D eigenvalue weighted by Gasteiger charge is -2.36. The Kier molecular flexibility index (Phi) is 6.20. The van der Waals surface area contributed by atoms with Crippen LogP contribution in [0, 0.1) is 11.8 Å². The fraction of sp³-hybridized carbons (Fsp3) is 0.889. The summed E-state index contributed by atoms with van der Waals surface area (Å²) in [6, 6.07) is 0.700. The zero-order chi connectivity index (χ0) is 17.0. The standard InChI is InChI=1S/C18H34N4O/c1-14(2)6-7-15(3)21-10-8-16(9-11-21)12-22-13-17(19-20-22)18(4,5)23/h13-16,23H,6-12H2,1-5H3. The molecule has 1 aromatic heterocycles. The summed E-state index contributed by atoms with van der Waals surface area (Å²) in [7, 11) is 0. The molecule has 0 amide bonds. The Morgan fingerprint density at radius 3 is 2.39 bits per heavy atom. The van der Waals surface area contributed by atoms with Crippen LogP contribution in [0.25, 0.3) is 0 Å². The fourth-order valence-electron chi connectivity index (χ4n) is 3.27. The van der Waals surface area contributed by atoms with Crippen LogP contribution >= 0.6 is 0 Å². The average molecular weight is 322 g/mol. The highest BCUT2D eigenvalue weighted by atomic mass is 16.3. The Morgan fingerprint density at radius 1 is 1.22 bits per heavy atom. The third kappa shape index (κ3) is 5.57. The van der Waals surface area contributed by atoms with Crippen molar-refractivity contribution < 1.29 is 5.11 Å². The molecule has 1 atom stereocenters. The Balaban J connectivity index is 1.77. The van der Waals surface area contributed by atoms with Crippen LogP contribution in [-0.4, -0.2) is 44.1 Å². The van der Waals surface area contributed by atoms with E-state index in [1.165, 1.54) is 38.8 Å². The topological polar surface area (TPSA) is 54.2 Å². The predicted octanol–water partition coefficient (Wildman–Crippen LogP) is 3.04. The van der Waals surface area contributed by atoms with E-state index in [0.717, 1.165) is 12.5 Å². The van der Waals surface area contributed by atoms with Crippen molar-refractivity contribution in [2.45, 2.75) is 78.5 Å². The molecule has 2 rings (SSSR count). The van der Waals surface area contributed by atoms with Crippen LogP contribution in [0.2, 0.25) is 0 Å². The molecule has 0 bridgehead atoms. The molecule has 5 nitrogen and oxygen atoms in total. The van der Waals surface area contributed by atoms with Crippen LogP contribution in [-0.2, 0) is 12.1 Å². The molecule has 0 aliphatic carbocycles. The number of hydrogen-bond acceptors (Lipinski definition) is 4. The highest BCUT2D eigenvalue weighted by Gasteiger charge is 2.24. The van der Waals surface area contributed by atoms with Crippen LogP contribution < -0.4 is 0 Å². The van der Waals surface area contributed by atoms with E-state index in [1.807, 2.05) is 10.9 Å². The van der Waals surface area contributed by atoms with E-state index in [9.17, 15) is 5.11 Å². The van der Waals surface area contributed by atoms with Crippen molar-refractivity contribution in [2.24, 2.45) is 11.8 Å². The Labute approximate surface area is 141 Å². The summed E-state index contributed by atoms with van der Waals surface area (Å²) in [6.07, 6.45) is 6.96. The van der Waals surface area contributed by atoms with E-state index >= 15 is 0 Å². The smallest absolute Gasteiger partial charge is 0.114 e. The molecule has 0 radical (unpaired) electrons. The van der Waals surface area contributed by atoms with Crippen molar-refractivity contribution in [3.8, 4) is 0 Å². The fourth-order valence-corrected chi connectivity index (χ4v) is 3.27. The zero-order valence-corrected chi connectivity index (χ0v) is 15.5. The van der Waals surface area contributed by atoms with Gasteiger partial charge in [-0.3, -0.25) is 4.68 Å². The molecule has 1 unspecified atom stereocenters. The second kappa shape index (κ2) is 7.75. The van der Waals surface area contributed by atoms with E-state index in [-0.39, 0.29) is 0 Å². The Morgan fingerprint density at radius 2 is 1.87 bits per heavy atom. The van der Waals surface area contributed by atoms with Crippen molar-refractivity contribution >= 4 is 0 Å². The minimum atomic E-state index is -0.909. The van der Waals surface area contributed by atoms with Gasteiger partial charge in [0.1, 0.15) is 11.3 Å². The van der Waals surface area contributed by atoms with Gasteiger partial charge < -0.3 is 10.0 Å². The van der Waals surface area contributed by atoms with Crippen molar-refractivity contribution in [1.29, 1.82) is 0 Å². The molecule has 23 heavy (non-hydrogen) atoms. The number of piperidine rings is 1. The van der Waals surface area contributed by atoms with Gasteiger partial charge in [-0.1, -0.05) is 19.1 Å². The molecular weight excluding hydrogens is 288 g/mol. The monoisotopic (exact) mass is 322 g/mol. The molecule has 132 valence electrons. The van der Waals surface area contributed by atoms with Crippen LogP contribution in [0.15, 0.2) is 6.20 Å². The molecule has 1 aromatic rings. The van der Waals surface area contributed by atoms with Gasteiger partial charge in [-0.25, -0.2) is 0 Å². The normalized spacial score (nSPS) is 19.4. The molecule has 0 aromatic carbocycles. The third-order valence-electron chi connectivity index (χ3n) is 5.04. The largest absolute Gasteiger partial charge is 0.384 e. The highest BCUT2D eigenvalue weighted by molar-refractivity contribution is 5.02. The van der Waals surface area contributed by atoms with Gasteiger partial charge in [-0.15, -0.1) is 5.10 Å². The van der Waals surface area contributed by atoms with Crippen molar-refractivity contribution in [2.75, 3.05) is 13.1 Å². The third-order valence-corrected chi connectivity index (χ3v) is 5.04. The van der Waals surface area contributed by atoms with Gasteiger partial charge in [0, 0.05) is 12.6 Å². The van der Waals surface area contributed by atoms with Crippen molar-refractivity contribution in [3.05, 3.63) is 11.9 Å². The van der Waals surface area contributed by atoms with E-state index in [0.29, 0.717) is 17.7 Å². The average Bonchev–Trinajstić information content (AvgIpc) is 2.94. The summed E-state index contributed by atoms with van der Waals surface area (Å²) in [5.41, 5.74) is -0.259. The molecule has 0 saturated carbocycles. The number of nitrogens with zero attached hydrogens (tertiary/aromatic N) is 4. The van der Waals surface area contributed by atoms with Gasteiger partial charge in [0.15, 0.2) is 0 Å². The van der Waals surface area contributed by atoms with E-state index in [1.54, 1.807) is 13.8 Å². The zero-order valence-electron chi connectivity index (χ0n) is 15.5. The second-order valence-electron chi connectivity index (χ2n) is 8.18.